The van der Waals surface area contributed by atoms with Crippen LogP contribution >= 0.6 is 0 Å². The summed E-state index contributed by atoms with van der Waals surface area (Å²) in [7, 11) is 0. The number of nitrogens with zero attached hydrogens (tertiary/aromatic N) is 2. The number of benzene rings is 2. The molecule has 4 aromatic rings. The third kappa shape index (κ3) is 5.48. The first-order valence-electron chi connectivity index (χ1n) is 12.0. The van der Waals surface area contributed by atoms with Crippen LogP contribution in [0.2, 0.25) is 0 Å². The average molecular weight is 472 g/mol. The summed E-state index contributed by atoms with van der Waals surface area (Å²) in [4.78, 5) is 12.7. The molecule has 0 bridgehead atoms. The third-order valence-corrected chi connectivity index (χ3v) is 6.46. The normalized spacial score (nSPS) is 12.4. The zero-order valence-electron chi connectivity index (χ0n) is 21.0. The summed E-state index contributed by atoms with van der Waals surface area (Å²) in [5, 5.41) is 7.43. The van der Waals surface area contributed by atoms with Crippen molar-refractivity contribution in [2.24, 2.45) is 0 Å². The fraction of sp³-hybridized carbons (Fsp3) is 0.310. The Morgan fingerprint density at radius 2 is 1.74 bits per heavy atom. The van der Waals surface area contributed by atoms with Crippen molar-refractivity contribution in [3.63, 3.8) is 0 Å². The van der Waals surface area contributed by atoms with Crippen molar-refractivity contribution in [3.05, 3.63) is 107 Å². The van der Waals surface area contributed by atoms with Crippen molar-refractivity contribution < 1.29 is 13.9 Å². The van der Waals surface area contributed by atoms with Crippen LogP contribution in [0.3, 0.4) is 0 Å². The molecule has 6 heteroatoms. The summed E-state index contributed by atoms with van der Waals surface area (Å²) in [6.07, 6.45) is 1.97. The van der Waals surface area contributed by atoms with Gasteiger partial charge in [-0.3, -0.25) is 9.48 Å². The lowest BCUT2D eigenvalue weighted by atomic mass is 9.78. The number of amides is 1. The number of aryl methyl sites for hydroxylation is 2. The molecule has 4 rings (SSSR count). The molecule has 0 fully saturated rings. The maximum absolute atomic E-state index is 12.7. The molecule has 0 saturated carbocycles. The molecule has 0 aliphatic heterocycles. The molecule has 2 heterocycles. The molecule has 6 nitrogen and oxygen atoms in total. The van der Waals surface area contributed by atoms with Crippen LogP contribution in [0.15, 0.2) is 77.3 Å². The smallest absolute Gasteiger partial charge is 0.287 e. The van der Waals surface area contributed by atoms with E-state index in [0.717, 1.165) is 23.6 Å². The van der Waals surface area contributed by atoms with Crippen LogP contribution in [0.5, 0.6) is 5.75 Å². The molecule has 0 spiro atoms. The molecule has 0 aliphatic carbocycles. The molecule has 1 unspecified atom stereocenters. The number of aromatic nitrogens is 2. The molecule has 0 saturated heterocycles. The fourth-order valence-electron chi connectivity index (χ4n) is 4.19. The minimum Gasteiger partial charge on any atom is -0.486 e. The van der Waals surface area contributed by atoms with Crippen LogP contribution in [0.1, 0.15) is 72.4 Å². The van der Waals surface area contributed by atoms with Gasteiger partial charge in [-0.2, -0.15) is 5.10 Å². The van der Waals surface area contributed by atoms with Crippen molar-refractivity contribution in [1.82, 2.24) is 15.1 Å². The lowest BCUT2D eigenvalue weighted by Crippen LogP contribution is -2.26. The van der Waals surface area contributed by atoms with Crippen LogP contribution in [-0.2, 0) is 18.6 Å². The Morgan fingerprint density at radius 1 is 1.06 bits per heavy atom. The van der Waals surface area contributed by atoms with Crippen molar-refractivity contribution >= 4 is 5.91 Å². The van der Waals surface area contributed by atoms with Gasteiger partial charge in [0.2, 0.25) is 0 Å². The highest BCUT2D eigenvalue weighted by Crippen LogP contribution is 2.32. The van der Waals surface area contributed by atoms with E-state index in [1.165, 1.54) is 11.1 Å². The standard InChI is InChI=1S/C29H33N3O3/c1-6-32-18-26(21(3)31-32)20(2)30-28(33)27-17-16-25(35-27)19-34-24-14-12-23(13-15-24)29(4,5)22-10-8-7-9-11-22/h7-18,20H,6,19H2,1-5H3,(H,30,33). The first-order valence-corrected chi connectivity index (χ1v) is 12.0. The maximum atomic E-state index is 12.7. The Hall–Kier alpha value is -3.80. The van der Waals surface area contributed by atoms with Gasteiger partial charge < -0.3 is 14.5 Å². The summed E-state index contributed by atoms with van der Waals surface area (Å²) in [5.41, 5.74) is 4.27. The Labute approximate surface area is 206 Å². The summed E-state index contributed by atoms with van der Waals surface area (Å²) in [6.45, 7) is 11.4. The van der Waals surface area contributed by atoms with E-state index in [-0.39, 0.29) is 29.7 Å². The number of carbonyl (C=O) groups excluding carboxylic acids is 1. The van der Waals surface area contributed by atoms with Gasteiger partial charge in [0, 0.05) is 23.7 Å². The van der Waals surface area contributed by atoms with Crippen LogP contribution < -0.4 is 10.1 Å². The molecule has 35 heavy (non-hydrogen) atoms. The van der Waals surface area contributed by atoms with Gasteiger partial charge >= 0.3 is 0 Å². The maximum Gasteiger partial charge on any atom is 0.287 e. The third-order valence-electron chi connectivity index (χ3n) is 6.46. The zero-order chi connectivity index (χ0) is 25.0. The molecule has 2 aromatic heterocycles. The van der Waals surface area contributed by atoms with Crippen LogP contribution in [0.4, 0.5) is 0 Å². The van der Waals surface area contributed by atoms with Gasteiger partial charge in [0.25, 0.3) is 5.91 Å². The van der Waals surface area contributed by atoms with Crippen molar-refractivity contribution in [2.45, 2.75) is 59.2 Å². The Bertz CT molecular complexity index is 1270. The minimum absolute atomic E-state index is 0.103. The molecule has 1 N–H and O–H groups in total. The second kappa shape index (κ2) is 10.2. The molecule has 182 valence electrons. The number of nitrogens with one attached hydrogen (secondary N) is 1. The van der Waals surface area contributed by atoms with E-state index in [0.29, 0.717) is 5.76 Å². The second-order valence-corrected chi connectivity index (χ2v) is 9.29. The molecule has 0 aliphatic rings. The Kier molecular flexibility index (Phi) is 7.10. The zero-order valence-corrected chi connectivity index (χ0v) is 21.0. The quantitative estimate of drug-likeness (QED) is 0.316. The van der Waals surface area contributed by atoms with E-state index in [1.54, 1.807) is 12.1 Å². The van der Waals surface area contributed by atoms with Crippen LogP contribution in [0.25, 0.3) is 0 Å². The number of hydrogen-bond donors (Lipinski definition) is 1. The van der Waals surface area contributed by atoms with E-state index in [9.17, 15) is 4.79 Å². The molecule has 0 radical (unpaired) electrons. The van der Waals surface area contributed by atoms with Gasteiger partial charge in [0.1, 0.15) is 18.1 Å². The highest BCUT2D eigenvalue weighted by molar-refractivity contribution is 5.91. The van der Waals surface area contributed by atoms with E-state index < -0.39 is 0 Å². The van der Waals surface area contributed by atoms with Crippen molar-refractivity contribution in [2.75, 3.05) is 0 Å². The summed E-state index contributed by atoms with van der Waals surface area (Å²) >= 11 is 0. The van der Waals surface area contributed by atoms with Gasteiger partial charge in [-0.15, -0.1) is 0 Å². The summed E-state index contributed by atoms with van der Waals surface area (Å²) in [6, 6.07) is 21.8. The number of ether oxygens (including phenoxy) is 1. The average Bonchev–Trinajstić information content (AvgIpc) is 3.50. The molecular weight excluding hydrogens is 438 g/mol. The van der Waals surface area contributed by atoms with E-state index in [4.69, 9.17) is 9.15 Å². The van der Waals surface area contributed by atoms with Gasteiger partial charge in [-0.25, -0.2) is 0 Å². The molecule has 1 atom stereocenters. The minimum atomic E-state index is -0.264. The highest BCUT2D eigenvalue weighted by atomic mass is 16.5. The van der Waals surface area contributed by atoms with E-state index >= 15 is 0 Å². The fourth-order valence-corrected chi connectivity index (χ4v) is 4.19. The number of carbonyl (C=O) groups is 1. The summed E-state index contributed by atoms with van der Waals surface area (Å²) in [5.74, 6) is 1.33. The monoisotopic (exact) mass is 471 g/mol. The topological polar surface area (TPSA) is 69.3 Å². The largest absolute Gasteiger partial charge is 0.486 e. The van der Waals surface area contributed by atoms with Crippen LogP contribution in [-0.4, -0.2) is 15.7 Å². The van der Waals surface area contributed by atoms with Gasteiger partial charge in [0.15, 0.2) is 5.76 Å². The first-order chi connectivity index (χ1) is 16.8. The number of furan rings is 1. The Morgan fingerprint density at radius 3 is 2.40 bits per heavy atom. The Balaban J connectivity index is 1.34. The van der Waals surface area contributed by atoms with Crippen molar-refractivity contribution in [1.29, 1.82) is 0 Å². The number of hydrogen-bond acceptors (Lipinski definition) is 4. The molecule has 1 amide bonds. The van der Waals surface area contributed by atoms with Crippen molar-refractivity contribution in [3.8, 4) is 5.75 Å². The second-order valence-electron chi connectivity index (χ2n) is 9.29. The lowest BCUT2D eigenvalue weighted by molar-refractivity contribution is 0.0907. The molecular formula is C29H33N3O3. The van der Waals surface area contributed by atoms with Crippen LogP contribution in [0, 0.1) is 6.92 Å². The summed E-state index contributed by atoms with van der Waals surface area (Å²) < 4.78 is 13.5. The van der Waals surface area contributed by atoms with Gasteiger partial charge in [-0.1, -0.05) is 56.3 Å². The van der Waals surface area contributed by atoms with Gasteiger partial charge in [-0.05, 0) is 56.2 Å². The van der Waals surface area contributed by atoms with Gasteiger partial charge in [0.05, 0.1) is 11.7 Å². The SMILES string of the molecule is CCn1cc(C(C)NC(=O)c2ccc(COc3ccc(C(C)(C)c4ccccc4)cc3)o2)c(C)n1. The predicted molar refractivity (Wildman–Crippen MR) is 137 cm³/mol. The predicted octanol–water partition coefficient (Wildman–Crippen LogP) is 6.20. The number of rotatable bonds is 9. The van der Waals surface area contributed by atoms with E-state index in [2.05, 4.69) is 60.7 Å². The van der Waals surface area contributed by atoms with E-state index in [1.807, 2.05) is 49.8 Å². The molecule has 2 aromatic carbocycles. The highest BCUT2D eigenvalue weighted by Gasteiger charge is 2.23. The lowest BCUT2D eigenvalue weighted by Gasteiger charge is -2.26. The first kappa shape index (κ1) is 24.3.